The summed E-state index contributed by atoms with van der Waals surface area (Å²) in [6, 6.07) is 0.0247. The number of imide groups is 1. The van der Waals surface area contributed by atoms with Gasteiger partial charge >= 0.3 is 6.09 Å². The van der Waals surface area contributed by atoms with Crippen LogP contribution >= 0.6 is 0 Å². The zero-order chi connectivity index (χ0) is 12.7. The molecule has 0 radical (unpaired) electrons. The Labute approximate surface area is 101 Å². The second kappa shape index (κ2) is 7.24. The first kappa shape index (κ1) is 13.9. The van der Waals surface area contributed by atoms with Crippen molar-refractivity contribution in [3.8, 4) is 0 Å². The van der Waals surface area contributed by atoms with E-state index in [2.05, 4.69) is 10.1 Å². The Morgan fingerprint density at radius 3 is 2.88 bits per heavy atom. The molecule has 1 aliphatic heterocycles. The largest absolute Gasteiger partial charge is 0.450 e. The first-order valence-electron chi connectivity index (χ1n) is 5.99. The van der Waals surface area contributed by atoms with E-state index in [-0.39, 0.29) is 31.7 Å². The van der Waals surface area contributed by atoms with E-state index in [1.54, 1.807) is 6.92 Å². The molecule has 6 heteroatoms. The lowest BCUT2D eigenvalue weighted by atomic mass is 10.0. The fourth-order valence-electron chi connectivity index (χ4n) is 1.98. The number of rotatable bonds is 4. The second-order valence-electron chi connectivity index (χ2n) is 4.07. The van der Waals surface area contributed by atoms with Crippen LogP contribution in [0.15, 0.2) is 0 Å². The normalized spacial score (nSPS) is 20.9. The molecule has 0 aliphatic carbocycles. The van der Waals surface area contributed by atoms with Crippen molar-refractivity contribution in [1.29, 1.82) is 0 Å². The number of carbonyl (C=O) groups is 2. The average molecular weight is 244 g/mol. The van der Waals surface area contributed by atoms with E-state index < -0.39 is 6.09 Å². The predicted octanol–water partition coefficient (Wildman–Crippen LogP) is 0.106. The number of carbonyl (C=O) groups excluding carboxylic acids is 2. The average Bonchev–Trinajstić information content (AvgIpc) is 2.29. The summed E-state index contributed by atoms with van der Waals surface area (Å²) in [7, 11) is 0. The van der Waals surface area contributed by atoms with E-state index in [9.17, 15) is 14.7 Å². The van der Waals surface area contributed by atoms with Gasteiger partial charge in [0.25, 0.3) is 0 Å². The molecule has 2 N–H and O–H groups in total. The van der Waals surface area contributed by atoms with Gasteiger partial charge in [0, 0.05) is 6.04 Å². The fraction of sp³-hybridized carbons (Fsp3) is 0.818. The molecule has 98 valence electrons. The molecule has 1 atom stereocenters. The van der Waals surface area contributed by atoms with Gasteiger partial charge in [-0.15, -0.1) is 0 Å². The van der Waals surface area contributed by atoms with Crippen LogP contribution in [0.3, 0.4) is 0 Å². The van der Waals surface area contributed by atoms with Crippen LogP contribution in [-0.2, 0) is 9.53 Å². The van der Waals surface area contributed by atoms with Gasteiger partial charge in [0.05, 0.1) is 19.8 Å². The number of nitrogens with zero attached hydrogens (tertiary/aromatic N) is 1. The molecule has 1 rings (SSSR count). The standard InChI is InChI=1S/C11H20N2O4/c1-2-17-11(16)12-10(15)7-13-6-4-3-5-9(13)8-14/h9,14H,2-8H2,1H3,(H,12,15,16). The Morgan fingerprint density at radius 2 is 2.24 bits per heavy atom. The summed E-state index contributed by atoms with van der Waals surface area (Å²) in [5, 5.41) is 11.3. The number of amides is 2. The van der Waals surface area contributed by atoms with Crippen molar-refractivity contribution in [2.75, 3.05) is 26.3 Å². The third kappa shape index (κ3) is 4.70. The maximum absolute atomic E-state index is 11.5. The first-order valence-corrected chi connectivity index (χ1v) is 5.99. The third-order valence-electron chi connectivity index (χ3n) is 2.82. The molecular formula is C11H20N2O4. The van der Waals surface area contributed by atoms with Crippen molar-refractivity contribution >= 4 is 12.0 Å². The van der Waals surface area contributed by atoms with Gasteiger partial charge in [-0.25, -0.2) is 4.79 Å². The van der Waals surface area contributed by atoms with Crippen molar-refractivity contribution in [2.45, 2.75) is 32.2 Å². The van der Waals surface area contributed by atoms with Gasteiger partial charge in [-0.05, 0) is 26.3 Å². The molecule has 0 spiro atoms. The molecule has 6 nitrogen and oxygen atoms in total. The number of hydrogen-bond donors (Lipinski definition) is 2. The van der Waals surface area contributed by atoms with Gasteiger partial charge < -0.3 is 9.84 Å². The summed E-state index contributed by atoms with van der Waals surface area (Å²) in [6.45, 7) is 2.87. The van der Waals surface area contributed by atoms with Crippen LogP contribution < -0.4 is 5.32 Å². The van der Waals surface area contributed by atoms with Gasteiger partial charge in [0.2, 0.25) is 5.91 Å². The minimum absolute atomic E-state index is 0.0247. The lowest BCUT2D eigenvalue weighted by Gasteiger charge is -2.33. The number of aliphatic hydroxyl groups is 1. The summed E-state index contributed by atoms with van der Waals surface area (Å²) >= 11 is 0. The highest BCUT2D eigenvalue weighted by atomic mass is 16.5. The van der Waals surface area contributed by atoms with Crippen molar-refractivity contribution in [3.05, 3.63) is 0 Å². The molecule has 1 saturated heterocycles. The third-order valence-corrected chi connectivity index (χ3v) is 2.82. The van der Waals surface area contributed by atoms with Gasteiger partial charge in [-0.2, -0.15) is 0 Å². The molecule has 1 unspecified atom stereocenters. The zero-order valence-corrected chi connectivity index (χ0v) is 10.1. The van der Waals surface area contributed by atoms with E-state index in [0.29, 0.717) is 0 Å². The molecule has 1 aliphatic rings. The molecule has 2 amide bonds. The Hall–Kier alpha value is -1.14. The summed E-state index contributed by atoms with van der Waals surface area (Å²) < 4.78 is 4.62. The molecule has 17 heavy (non-hydrogen) atoms. The van der Waals surface area contributed by atoms with E-state index in [1.165, 1.54) is 0 Å². The minimum Gasteiger partial charge on any atom is -0.450 e. The van der Waals surface area contributed by atoms with Gasteiger partial charge in [-0.1, -0.05) is 6.42 Å². The monoisotopic (exact) mass is 244 g/mol. The smallest absolute Gasteiger partial charge is 0.413 e. The summed E-state index contributed by atoms with van der Waals surface area (Å²) in [6.07, 6.45) is 2.27. The molecule has 1 fully saturated rings. The van der Waals surface area contributed by atoms with Gasteiger partial charge in [0.1, 0.15) is 0 Å². The molecule has 0 aromatic heterocycles. The quantitative estimate of drug-likeness (QED) is 0.733. The Bertz CT molecular complexity index is 270. The SMILES string of the molecule is CCOC(=O)NC(=O)CN1CCCCC1CO. The second-order valence-corrected chi connectivity index (χ2v) is 4.07. The zero-order valence-electron chi connectivity index (χ0n) is 10.1. The van der Waals surface area contributed by atoms with E-state index in [4.69, 9.17) is 0 Å². The summed E-state index contributed by atoms with van der Waals surface area (Å²) in [5.74, 6) is -0.385. The van der Waals surface area contributed by atoms with Crippen LogP contribution in [0.4, 0.5) is 4.79 Å². The van der Waals surface area contributed by atoms with Gasteiger partial charge in [-0.3, -0.25) is 15.0 Å². The van der Waals surface area contributed by atoms with Crippen LogP contribution in [-0.4, -0.2) is 54.4 Å². The first-order chi connectivity index (χ1) is 8.17. The lowest BCUT2D eigenvalue weighted by Crippen LogP contribution is -2.48. The highest BCUT2D eigenvalue weighted by molar-refractivity contribution is 5.92. The van der Waals surface area contributed by atoms with Crippen LogP contribution in [0.1, 0.15) is 26.2 Å². The summed E-state index contributed by atoms with van der Waals surface area (Å²) in [4.78, 5) is 24.4. The number of nitrogens with one attached hydrogen (secondary N) is 1. The van der Waals surface area contributed by atoms with Crippen LogP contribution in [0, 0.1) is 0 Å². The Morgan fingerprint density at radius 1 is 1.47 bits per heavy atom. The molecule has 1 heterocycles. The number of aliphatic hydroxyl groups excluding tert-OH is 1. The maximum Gasteiger partial charge on any atom is 0.413 e. The van der Waals surface area contributed by atoms with Crippen LogP contribution in [0.5, 0.6) is 0 Å². The molecule has 0 aromatic rings. The Kier molecular flexibility index (Phi) is 5.93. The number of piperidine rings is 1. The topological polar surface area (TPSA) is 78.9 Å². The highest BCUT2D eigenvalue weighted by Crippen LogP contribution is 2.15. The lowest BCUT2D eigenvalue weighted by molar-refractivity contribution is -0.122. The van der Waals surface area contributed by atoms with Gasteiger partial charge in [0.15, 0.2) is 0 Å². The molecule has 0 aromatic carbocycles. The predicted molar refractivity (Wildman–Crippen MR) is 61.5 cm³/mol. The summed E-state index contributed by atoms with van der Waals surface area (Å²) in [5.41, 5.74) is 0. The number of likely N-dealkylation sites (tertiary alicyclic amines) is 1. The number of ether oxygens (including phenoxy) is 1. The maximum atomic E-state index is 11.5. The van der Waals surface area contributed by atoms with Crippen LogP contribution in [0.25, 0.3) is 0 Å². The van der Waals surface area contributed by atoms with E-state index in [1.807, 2.05) is 4.90 Å². The van der Waals surface area contributed by atoms with Crippen molar-refractivity contribution in [3.63, 3.8) is 0 Å². The highest BCUT2D eigenvalue weighted by Gasteiger charge is 2.24. The van der Waals surface area contributed by atoms with Crippen molar-refractivity contribution in [1.82, 2.24) is 10.2 Å². The van der Waals surface area contributed by atoms with Crippen molar-refractivity contribution in [2.24, 2.45) is 0 Å². The van der Waals surface area contributed by atoms with E-state index in [0.717, 1.165) is 25.8 Å². The van der Waals surface area contributed by atoms with E-state index >= 15 is 0 Å². The molecule has 0 bridgehead atoms. The Balaban J connectivity index is 2.35. The molecular weight excluding hydrogens is 224 g/mol. The molecule has 0 saturated carbocycles. The minimum atomic E-state index is -0.713. The number of alkyl carbamates (subject to hydrolysis) is 1. The number of hydrogen-bond acceptors (Lipinski definition) is 5. The van der Waals surface area contributed by atoms with Crippen LogP contribution in [0.2, 0.25) is 0 Å². The fourth-order valence-corrected chi connectivity index (χ4v) is 1.98. The van der Waals surface area contributed by atoms with Crippen molar-refractivity contribution < 1.29 is 19.4 Å².